The second-order valence-corrected chi connectivity index (χ2v) is 8.78. The molecule has 1 amide bonds. The van der Waals surface area contributed by atoms with Crippen molar-refractivity contribution >= 4 is 38.5 Å². The number of nitrogens with zero attached hydrogens (tertiary/aromatic N) is 2. The summed E-state index contributed by atoms with van der Waals surface area (Å²) in [4.78, 5) is 37.5. The van der Waals surface area contributed by atoms with Gasteiger partial charge < -0.3 is 19.9 Å². The van der Waals surface area contributed by atoms with Gasteiger partial charge in [-0.25, -0.2) is 4.79 Å². The van der Waals surface area contributed by atoms with Gasteiger partial charge >= 0.3 is 11.3 Å². The van der Waals surface area contributed by atoms with Crippen LogP contribution in [-0.2, 0) is 6.54 Å². The van der Waals surface area contributed by atoms with Crippen LogP contribution >= 0.6 is 15.9 Å². The molecule has 0 unspecified atom stereocenters. The number of aromatic hydroxyl groups is 2. The lowest BCUT2D eigenvalue weighted by atomic mass is 10.0. The Bertz CT molecular complexity index is 1280. The van der Waals surface area contributed by atoms with Crippen molar-refractivity contribution in [3.63, 3.8) is 0 Å². The lowest BCUT2D eigenvalue weighted by molar-refractivity contribution is -0.385. The van der Waals surface area contributed by atoms with Gasteiger partial charge in [-0.2, -0.15) is 0 Å². The van der Waals surface area contributed by atoms with E-state index in [0.29, 0.717) is 12.8 Å². The molecule has 172 valence electrons. The Hall–Kier alpha value is -3.44. The minimum absolute atomic E-state index is 0.0499. The van der Waals surface area contributed by atoms with E-state index >= 15 is 0 Å². The summed E-state index contributed by atoms with van der Waals surface area (Å²) in [6.45, 7) is 2.34. The summed E-state index contributed by atoms with van der Waals surface area (Å²) in [5, 5.41) is 33.5. The number of hydrogen-bond donors (Lipinski definition) is 3. The van der Waals surface area contributed by atoms with Gasteiger partial charge in [0.15, 0.2) is 5.58 Å². The highest BCUT2D eigenvalue weighted by Crippen LogP contribution is 2.41. The van der Waals surface area contributed by atoms with Gasteiger partial charge in [0.25, 0.3) is 5.91 Å². The maximum absolute atomic E-state index is 12.7. The summed E-state index contributed by atoms with van der Waals surface area (Å²) >= 11 is 3.42. The first kappa shape index (κ1) is 22.7. The number of carbonyl (C=O) groups excluding carboxylic acids is 1. The summed E-state index contributed by atoms with van der Waals surface area (Å²) in [6.07, 6.45) is 1.39. The van der Waals surface area contributed by atoms with Crippen LogP contribution in [0.3, 0.4) is 0 Å². The zero-order valence-electron chi connectivity index (χ0n) is 17.3. The van der Waals surface area contributed by atoms with E-state index in [1.807, 2.05) is 12.1 Å². The molecule has 0 saturated carbocycles. The second kappa shape index (κ2) is 9.20. The zero-order valence-corrected chi connectivity index (χ0v) is 18.9. The molecule has 11 heteroatoms. The highest BCUT2D eigenvalue weighted by Gasteiger charge is 2.26. The van der Waals surface area contributed by atoms with Gasteiger partial charge in [0.1, 0.15) is 5.56 Å². The van der Waals surface area contributed by atoms with Crippen LogP contribution in [-0.4, -0.2) is 45.1 Å². The SMILES string of the molecule is O=C(NC1CCN(Cc2ccc(Br)cc2)CC1)c1cc2cc([N+](=O)[O-])c(O)c(O)c2oc1=O. The highest BCUT2D eigenvalue weighted by molar-refractivity contribution is 9.10. The van der Waals surface area contributed by atoms with Crippen LogP contribution in [0.25, 0.3) is 11.0 Å². The fourth-order valence-electron chi connectivity index (χ4n) is 3.87. The van der Waals surface area contributed by atoms with E-state index < -0.39 is 39.2 Å². The van der Waals surface area contributed by atoms with Gasteiger partial charge in [0.2, 0.25) is 11.5 Å². The number of carbonyl (C=O) groups is 1. The Kier molecular flexibility index (Phi) is 6.34. The molecule has 2 heterocycles. The van der Waals surface area contributed by atoms with Crippen molar-refractivity contribution in [2.45, 2.75) is 25.4 Å². The lowest BCUT2D eigenvalue weighted by Crippen LogP contribution is -2.45. The number of nitrogens with one attached hydrogen (secondary N) is 1. The van der Waals surface area contributed by atoms with Crippen LogP contribution in [0.15, 0.2) is 50.1 Å². The first-order chi connectivity index (χ1) is 15.7. The summed E-state index contributed by atoms with van der Waals surface area (Å²) < 4.78 is 6.00. The summed E-state index contributed by atoms with van der Waals surface area (Å²) in [5.41, 5.74) is -1.35. The predicted octanol–water partition coefficient (Wildman–Crippen LogP) is 3.27. The predicted molar refractivity (Wildman–Crippen MR) is 122 cm³/mol. The number of piperidine rings is 1. The van der Waals surface area contributed by atoms with Crippen molar-refractivity contribution in [1.29, 1.82) is 0 Å². The van der Waals surface area contributed by atoms with E-state index in [0.717, 1.165) is 36.2 Å². The molecule has 10 nitrogen and oxygen atoms in total. The number of likely N-dealkylation sites (tertiary alicyclic amines) is 1. The van der Waals surface area contributed by atoms with E-state index in [2.05, 4.69) is 38.3 Å². The number of halogens is 1. The smallest absolute Gasteiger partial charge is 0.349 e. The maximum Gasteiger partial charge on any atom is 0.349 e. The maximum atomic E-state index is 12.7. The van der Waals surface area contributed by atoms with Gasteiger partial charge in [0.05, 0.1) is 4.92 Å². The van der Waals surface area contributed by atoms with Crippen LogP contribution in [0.4, 0.5) is 5.69 Å². The van der Waals surface area contributed by atoms with Crippen LogP contribution in [0.2, 0.25) is 0 Å². The van der Waals surface area contributed by atoms with Crippen molar-refractivity contribution < 1.29 is 24.3 Å². The van der Waals surface area contributed by atoms with Crippen molar-refractivity contribution in [1.82, 2.24) is 10.2 Å². The van der Waals surface area contributed by atoms with Gasteiger partial charge in [-0.1, -0.05) is 28.1 Å². The Labute approximate surface area is 195 Å². The van der Waals surface area contributed by atoms with Crippen molar-refractivity contribution in [2.24, 2.45) is 0 Å². The van der Waals surface area contributed by atoms with Gasteiger partial charge in [-0.3, -0.25) is 19.8 Å². The van der Waals surface area contributed by atoms with Crippen molar-refractivity contribution in [3.05, 3.63) is 72.5 Å². The summed E-state index contributed by atoms with van der Waals surface area (Å²) in [7, 11) is 0. The molecule has 0 spiro atoms. The third kappa shape index (κ3) is 4.83. The van der Waals surface area contributed by atoms with Crippen molar-refractivity contribution in [2.75, 3.05) is 13.1 Å². The molecule has 1 aromatic heterocycles. The number of hydrogen-bond acceptors (Lipinski definition) is 8. The van der Waals surface area contributed by atoms with E-state index in [1.54, 1.807) is 0 Å². The molecule has 3 aromatic rings. The number of phenols is 2. The fraction of sp³-hybridized carbons (Fsp3) is 0.273. The third-order valence-corrected chi connectivity index (χ3v) is 6.16. The summed E-state index contributed by atoms with van der Waals surface area (Å²) in [5.74, 6) is -2.60. The van der Waals surface area contributed by atoms with Gasteiger partial charge in [-0.05, 0) is 36.6 Å². The number of rotatable bonds is 5. The number of nitro benzene ring substituents is 1. The molecule has 2 aromatic carbocycles. The van der Waals surface area contributed by atoms with E-state index in [1.165, 1.54) is 5.56 Å². The lowest BCUT2D eigenvalue weighted by Gasteiger charge is -2.32. The molecular weight excluding hydrogens is 498 g/mol. The van der Waals surface area contributed by atoms with Crippen LogP contribution < -0.4 is 10.9 Å². The van der Waals surface area contributed by atoms with Gasteiger partial charge in [0, 0.05) is 41.6 Å². The molecular formula is C22H20BrN3O7. The molecule has 0 bridgehead atoms. The van der Waals surface area contributed by atoms with E-state index in [-0.39, 0.29) is 17.0 Å². The molecule has 1 fully saturated rings. The number of benzene rings is 2. The third-order valence-electron chi connectivity index (χ3n) is 5.63. The minimum Gasteiger partial charge on any atom is -0.501 e. The van der Waals surface area contributed by atoms with Gasteiger partial charge in [-0.15, -0.1) is 0 Å². The number of phenolic OH excluding ortho intramolecular Hbond substituents is 2. The monoisotopic (exact) mass is 517 g/mol. The Balaban J connectivity index is 1.45. The van der Waals surface area contributed by atoms with E-state index in [9.17, 15) is 29.9 Å². The number of nitro groups is 1. The van der Waals surface area contributed by atoms with Crippen molar-refractivity contribution in [3.8, 4) is 11.5 Å². The first-order valence-electron chi connectivity index (χ1n) is 10.2. The Morgan fingerprint density at radius 3 is 2.48 bits per heavy atom. The quantitative estimate of drug-likeness (QED) is 0.202. The molecule has 0 atom stereocenters. The molecule has 0 radical (unpaired) electrons. The average molecular weight is 518 g/mol. The standard InChI is InChI=1S/C22H20BrN3O7/c23-14-3-1-12(2-4-14)11-25-7-5-15(6-8-25)24-21(29)16-9-13-10-17(26(31)32)18(27)19(28)20(13)33-22(16)30/h1-4,9-10,15,27-28H,5-8,11H2,(H,24,29). The highest BCUT2D eigenvalue weighted by atomic mass is 79.9. The first-order valence-corrected chi connectivity index (χ1v) is 11.0. The largest absolute Gasteiger partial charge is 0.501 e. The molecule has 3 N–H and O–H groups in total. The Morgan fingerprint density at radius 2 is 1.85 bits per heavy atom. The van der Waals surface area contributed by atoms with Crippen LogP contribution in [0.5, 0.6) is 11.5 Å². The molecule has 4 rings (SSSR count). The van der Waals surface area contributed by atoms with Crippen LogP contribution in [0.1, 0.15) is 28.8 Å². The topological polar surface area (TPSA) is 146 Å². The average Bonchev–Trinajstić information content (AvgIpc) is 2.79. The minimum atomic E-state index is -1.02. The zero-order chi connectivity index (χ0) is 23.7. The molecule has 0 aliphatic carbocycles. The van der Waals surface area contributed by atoms with Crippen LogP contribution in [0, 0.1) is 10.1 Å². The fourth-order valence-corrected chi connectivity index (χ4v) is 4.13. The molecule has 1 aliphatic rings. The molecule has 1 aliphatic heterocycles. The molecule has 33 heavy (non-hydrogen) atoms. The van der Waals surface area contributed by atoms with E-state index in [4.69, 9.17) is 4.42 Å². The normalized spacial score (nSPS) is 14.9. The molecule has 1 saturated heterocycles. The summed E-state index contributed by atoms with van der Waals surface area (Å²) in [6, 6.07) is 10.0. The second-order valence-electron chi connectivity index (χ2n) is 7.87. The number of amides is 1. The number of fused-ring (bicyclic) bond motifs is 1. The Morgan fingerprint density at radius 1 is 1.18 bits per heavy atom.